The van der Waals surface area contributed by atoms with Gasteiger partial charge < -0.3 is 20.1 Å². The first-order valence-corrected chi connectivity index (χ1v) is 8.57. The van der Waals surface area contributed by atoms with Gasteiger partial charge in [0.2, 0.25) is 5.91 Å². The Labute approximate surface area is 161 Å². The van der Waals surface area contributed by atoms with Gasteiger partial charge in [0, 0.05) is 17.3 Å². The van der Waals surface area contributed by atoms with E-state index in [1.165, 1.54) is 25.3 Å². The van der Waals surface area contributed by atoms with E-state index in [-0.39, 0.29) is 28.9 Å². The number of benzene rings is 2. The number of methoxy groups -OCH3 is 1. The van der Waals surface area contributed by atoms with Crippen LogP contribution in [0.15, 0.2) is 36.4 Å². The zero-order chi connectivity index (χ0) is 20.8. The molecule has 2 N–H and O–H groups in total. The summed E-state index contributed by atoms with van der Waals surface area (Å²) in [5.41, 5.74) is 1.57. The van der Waals surface area contributed by atoms with Crippen LogP contribution in [-0.2, 0) is 4.79 Å². The Morgan fingerprint density at radius 2 is 1.79 bits per heavy atom. The average Bonchev–Trinajstić information content (AvgIpc) is 2.63. The molecule has 0 aromatic heterocycles. The van der Waals surface area contributed by atoms with Crippen molar-refractivity contribution >= 4 is 23.2 Å². The number of hydrogen-bond donors (Lipinski definition) is 2. The standard InChI is InChI=1S/C20H22F2N2O4/c1-11(2)18(25)23-13-9-8-12(3)15(10-13)24-19(26)14-6-5-7-16(27-4)17(14)28-20(21)22/h5-11,20H,1-4H3,(H,23,25)(H,24,26). The Kier molecular flexibility index (Phi) is 6.92. The van der Waals surface area contributed by atoms with Crippen LogP contribution in [-0.4, -0.2) is 25.5 Å². The Balaban J connectivity index is 2.31. The van der Waals surface area contributed by atoms with E-state index < -0.39 is 12.5 Å². The van der Waals surface area contributed by atoms with E-state index in [1.807, 2.05) is 0 Å². The van der Waals surface area contributed by atoms with Crippen LogP contribution in [0, 0.1) is 12.8 Å². The number of amides is 2. The quantitative estimate of drug-likeness (QED) is 0.730. The van der Waals surface area contributed by atoms with E-state index in [0.717, 1.165) is 5.56 Å². The molecule has 2 aromatic carbocycles. The van der Waals surface area contributed by atoms with Crippen LogP contribution in [0.1, 0.15) is 29.8 Å². The number of carbonyl (C=O) groups is 2. The summed E-state index contributed by atoms with van der Waals surface area (Å²) in [6, 6.07) is 9.31. The van der Waals surface area contributed by atoms with E-state index in [9.17, 15) is 18.4 Å². The summed E-state index contributed by atoms with van der Waals surface area (Å²) in [5.74, 6) is -1.35. The highest BCUT2D eigenvalue weighted by atomic mass is 19.3. The van der Waals surface area contributed by atoms with Gasteiger partial charge in [-0.1, -0.05) is 26.0 Å². The molecule has 0 fully saturated rings. The van der Waals surface area contributed by atoms with Crippen LogP contribution in [0.4, 0.5) is 20.2 Å². The zero-order valence-electron chi connectivity index (χ0n) is 16.0. The van der Waals surface area contributed by atoms with Gasteiger partial charge in [-0.15, -0.1) is 0 Å². The largest absolute Gasteiger partial charge is 0.493 e. The van der Waals surface area contributed by atoms with Crippen LogP contribution < -0.4 is 20.1 Å². The number of aryl methyl sites for hydroxylation is 1. The summed E-state index contributed by atoms with van der Waals surface area (Å²) >= 11 is 0. The van der Waals surface area contributed by atoms with Crippen molar-refractivity contribution in [3.8, 4) is 11.5 Å². The minimum Gasteiger partial charge on any atom is -0.493 e. The topological polar surface area (TPSA) is 76.7 Å². The highest BCUT2D eigenvalue weighted by molar-refractivity contribution is 6.07. The lowest BCUT2D eigenvalue weighted by Gasteiger charge is -2.16. The highest BCUT2D eigenvalue weighted by Gasteiger charge is 2.21. The molecule has 0 aliphatic carbocycles. The SMILES string of the molecule is COc1cccc(C(=O)Nc2cc(NC(=O)C(C)C)ccc2C)c1OC(F)F. The fourth-order valence-corrected chi connectivity index (χ4v) is 2.38. The van der Waals surface area contributed by atoms with Gasteiger partial charge in [-0.3, -0.25) is 9.59 Å². The molecule has 0 heterocycles. The molecule has 8 heteroatoms. The molecule has 0 aliphatic heterocycles. The fraction of sp³-hybridized carbons (Fsp3) is 0.300. The van der Waals surface area contributed by atoms with Gasteiger partial charge in [0.25, 0.3) is 5.91 Å². The van der Waals surface area contributed by atoms with Crippen LogP contribution in [0.2, 0.25) is 0 Å². The molecule has 0 saturated heterocycles. The Hall–Kier alpha value is -3.16. The third kappa shape index (κ3) is 5.18. The highest BCUT2D eigenvalue weighted by Crippen LogP contribution is 2.33. The molecular weight excluding hydrogens is 370 g/mol. The molecule has 6 nitrogen and oxygen atoms in total. The summed E-state index contributed by atoms with van der Waals surface area (Å²) in [6.07, 6.45) is 0. The maximum Gasteiger partial charge on any atom is 0.387 e. The number of para-hydroxylation sites is 1. The monoisotopic (exact) mass is 392 g/mol. The number of hydrogen-bond acceptors (Lipinski definition) is 4. The average molecular weight is 392 g/mol. The van der Waals surface area contributed by atoms with Crippen LogP contribution in [0.5, 0.6) is 11.5 Å². The summed E-state index contributed by atoms with van der Waals surface area (Å²) in [7, 11) is 1.29. The first-order valence-electron chi connectivity index (χ1n) is 8.57. The summed E-state index contributed by atoms with van der Waals surface area (Å²) in [5, 5.41) is 5.41. The van der Waals surface area contributed by atoms with Crippen LogP contribution >= 0.6 is 0 Å². The molecular formula is C20H22F2N2O4. The van der Waals surface area contributed by atoms with Gasteiger partial charge >= 0.3 is 6.61 Å². The third-order valence-corrected chi connectivity index (χ3v) is 3.93. The van der Waals surface area contributed by atoms with Crippen molar-refractivity contribution < 1.29 is 27.8 Å². The molecule has 0 saturated carbocycles. The van der Waals surface area contributed by atoms with Gasteiger partial charge in [-0.25, -0.2) is 0 Å². The maximum absolute atomic E-state index is 12.8. The first-order chi connectivity index (χ1) is 13.2. The van der Waals surface area contributed by atoms with Crippen molar-refractivity contribution in [1.82, 2.24) is 0 Å². The molecule has 28 heavy (non-hydrogen) atoms. The number of nitrogens with one attached hydrogen (secondary N) is 2. The van der Waals surface area contributed by atoms with E-state index in [1.54, 1.807) is 39.0 Å². The van der Waals surface area contributed by atoms with Crippen LogP contribution in [0.3, 0.4) is 0 Å². The first kappa shape index (κ1) is 21.1. The molecule has 0 aliphatic rings. The van der Waals surface area contributed by atoms with E-state index in [2.05, 4.69) is 15.4 Å². The van der Waals surface area contributed by atoms with Gasteiger partial charge in [0.15, 0.2) is 11.5 Å². The summed E-state index contributed by atoms with van der Waals surface area (Å²) < 4.78 is 35.0. The Bertz CT molecular complexity index is 869. The summed E-state index contributed by atoms with van der Waals surface area (Å²) in [4.78, 5) is 24.6. The number of alkyl halides is 2. The van der Waals surface area contributed by atoms with Gasteiger partial charge in [0.05, 0.1) is 12.7 Å². The van der Waals surface area contributed by atoms with E-state index in [0.29, 0.717) is 11.4 Å². The van der Waals surface area contributed by atoms with Crippen molar-refractivity contribution in [2.45, 2.75) is 27.4 Å². The molecule has 150 valence electrons. The normalized spacial score (nSPS) is 10.7. The van der Waals surface area contributed by atoms with E-state index in [4.69, 9.17) is 4.74 Å². The molecule has 0 atom stereocenters. The predicted octanol–water partition coefficient (Wildman–Crippen LogP) is 4.45. The van der Waals surface area contributed by atoms with Crippen molar-refractivity contribution in [2.75, 3.05) is 17.7 Å². The van der Waals surface area contributed by atoms with Crippen molar-refractivity contribution in [3.05, 3.63) is 47.5 Å². The molecule has 0 bridgehead atoms. The molecule has 2 aromatic rings. The van der Waals surface area contributed by atoms with E-state index >= 15 is 0 Å². The third-order valence-electron chi connectivity index (χ3n) is 3.93. The van der Waals surface area contributed by atoms with Crippen molar-refractivity contribution in [1.29, 1.82) is 0 Å². The minimum absolute atomic E-state index is 0.0163. The number of anilines is 2. The van der Waals surface area contributed by atoms with Crippen molar-refractivity contribution in [2.24, 2.45) is 5.92 Å². The smallest absolute Gasteiger partial charge is 0.387 e. The fourth-order valence-electron chi connectivity index (χ4n) is 2.38. The minimum atomic E-state index is -3.11. The molecule has 2 amide bonds. The number of ether oxygens (including phenoxy) is 2. The Morgan fingerprint density at radius 1 is 1.07 bits per heavy atom. The summed E-state index contributed by atoms with van der Waals surface area (Å²) in [6.45, 7) is 2.18. The second-order valence-corrected chi connectivity index (χ2v) is 6.34. The maximum atomic E-state index is 12.8. The number of halogens is 2. The molecule has 0 unspecified atom stereocenters. The van der Waals surface area contributed by atoms with Gasteiger partial charge in [-0.05, 0) is 36.8 Å². The van der Waals surface area contributed by atoms with Crippen molar-refractivity contribution in [3.63, 3.8) is 0 Å². The Morgan fingerprint density at radius 3 is 2.39 bits per heavy atom. The van der Waals surface area contributed by atoms with Gasteiger partial charge in [-0.2, -0.15) is 8.78 Å². The molecule has 2 rings (SSSR count). The second kappa shape index (κ2) is 9.16. The number of rotatable bonds is 7. The lowest BCUT2D eigenvalue weighted by atomic mass is 10.1. The van der Waals surface area contributed by atoms with Crippen LogP contribution in [0.25, 0.3) is 0 Å². The zero-order valence-corrected chi connectivity index (χ0v) is 16.0. The molecule has 0 spiro atoms. The predicted molar refractivity (Wildman–Crippen MR) is 102 cm³/mol. The lowest BCUT2D eigenvalue weighted by Crippen LogP contribution is -2.19. The number of carbonyl (C=O) groups excluding carboxylic acids is 2. The molecule has 0 radical (unpaired) electrons. The van der Waals surface area contributed by atoms with Gasteiger partial charge in [0.1, 0.15) is 0 Å². The second-order valence-electron chi connectivity index (χ2n) is 6.34. The lowest BCUT2D eigenvalue weighted by molar-refractivity contribution is -0.118.